The predicted octanol–water partition coefficient (Wildman–Crippen LogP) is 5.00. The molecule has 0 spiro atoms. The summed E-state index contributed by atoms with van der Waals surface area (Å²) in [6.07, 6.45) is 0. The second-order valence-electron chi connectivity index (χ2n) is 7.11. The maximum atomic E-state index is 13.3. The smallest absolute Gasteiger partial charge is 0.233 e. The number of benzene rings is 4. The Kier molecular flexibility index (Phi) is 5.38. The summed E-state index contributed by atoms with van der Waals surface area (Å²) < 4.78 is 0. The van der Waals surface area contributed by atoms with Gasteiger partial charge in [-0.25, -0.2) is 0 Å². The zero-order valence-corrected chi connectivity index (χ0v) is 16.4. The third kappa shape index (κ3) is 3.47. The molecule has 0 saturated heterocycles. The molecule has 0 atom stereocenters. The Hall–Kier alpha value is -3.82. The highest BCUT2D eigenvalue weighted by Crippen LogP contribution is 2.36. The molecule has 4 rings (SSSR count). The number of carbonyl (C=O) groups excluding carboxylic acids is 2. The molecule has 30 heavy (non-hydrogen) atoms. The van der Waals surface area contributed by atoms with Crippen LogP contribution in [0.15, 0.2) is 115 Å². The van der Waals surface area contributed by atoms with Crippen LogP contribution in [0.4, 0.5) is 0 Å². The number of carbonyl (C=O) groups is 2. The minimum Gasteiger partial charge on any atom is -0.314 e. The van der Waals surface area contributed by atoms with Crippen molar-refractivity contribution in [1.82, 2.24) is 0 Å². The van der Waals surface area contributed by atoms with E-state index in [4.69, 9.17) is 5.73 Å². The Morgan fingerprint density at radius 2 is 0.967 bits per heavy atom. The van der Waals surface area contributed by atoms with E-state index in [0.29, 0.717) is 16.7 Å². The molecule has 3 heteroatoms. The van der Waals surface area contributed by atoms with E-state index in [2.05, 4.69) is 0 Å². The molecular formula is C27H21NO2. The van der Waals surface area contributed by atoms with E-state index in [-0.39, 0.29) is 0 Å². The van der Waals surface area contributed by atoms with Crippen LogP contribution in [-0.4, -0.2) is 11.6 Å². The molecule has 0 unspecified atom stereocenters. The number of nitrogens with two attached hydrogens (primary N) is 1. The largest absolute Gasteiger partial charge is 0.314 e. The average molecular weight is 391 g/mol. The Labute approximate surface area is 175 Å². The van der Waals surface area contributed by atoms with Crippen LogP contribution >= 0.6 is 0 Å². The molecule has 0 bridgehead atoms. The van der Waals surface area contributed by atoms with Crippen LogP contribution in [0.3, 0.4) is 0 Å². The molecule has 0 amide bonds. The van der Waals surface area contributed by atoms with Gasteiger partial charge in [-0.15, -0.1) is 0 Å². The van der Waals surface area contributed by atoms with E-state index in [1.54, 1.807) is 36.4 Å². The molecule has 0 aliphatic carbocycles. The first kappa shape index (κ1) is 19.5. The minimum atomic E-state index is -1.09. The van der Waals surface area contributed by atoms with Crippen LogP contribution < -0.4 is 5.73 Å². The molecule has 146 valence electrons. The molecule has 3 nitrogen and oxygen atoms in total. The molecule has 4 aromatic rings. The second-order valence-corrected chi connectivity index (χ2v) is 7.11. The van der Waals surface area contributed by atoms with Gasteiger partial charge >= 0.3 is 0 Å². The highest BCUT2D eigenvalue weighted by Gasteiger charge is 2.36. The molecule has 0 saturated carbocycles. The van der Waals surface area contributed by atoms with Gasteiger partial charge in [-0.2, -0.15) is 0 Å². The fourth-order valence-corrected chi connectivity index (χ4v) is 3.75. The number of hydrogen-bond donors (Lipinski definition) is 1. The molecule has 0 radical (unpaired) electrons. The maximum absolute atomic E-state index is 13.3. The highest BCUT2D eigenvalue weighted by atomic mass is 16.2. The van der Waals surface area contributed by atoms with Gasteiger partial charge in [-0.1, -0.05) is 115 Å². The summed E-state index contributed by atoms with van der Waals surface area (Å²) in [5.74, 6) is -1.12. The van der Waals surface area contributed by atoms with Crippen LogP contribution in [0.1, 0.15) is 37.4 Å². The first-order valence-electron chi connectivity index (χ1n) is 9.76. The summed E-state index contributed by atoms with van der Waals surface area (Å²) in [6, 6.07) is 34.9. The first-order chi connectivity index (χ1) is 14.6. The van der Waals surface area contributed by atoms with Gasteiger partial charge in [0.1, 0.15) is 0 Å². The monoisotopic (exact) mass is 391 g/mol. The van der Waals surface area contributed by atoms with E-state index in [0.717, 1.165) is 11.1 Å². The summed E-state index contributed by atoms with van der Waals surface area (Å²) in [5, 5.41) is 0. The van der Waals surface area contributed by atoms with Gasteiger partial charge in [-0.05, 0) is 16.7 Å². The normalized spacial score (nSPS) is 11.1. The molecule has 0 aromatic heterocycles. The lowest BCUT2D eigenvalue weighted by Gasteiger charge is -2.33. The van der Waals surface area contributed by atoms with Crippen molar-refractivity contribution in [2.24, 2.45) is 5.73 Å². The molecule has 2 N–H and O–H groups in total. The van der Waals surface area contributed by atoms with Crippen LogP contribution in [0.25, 0.3) is 0 Å². The van der Waals surface area contributed by atoms with Gasteiger partial charge in [0.2, 0.25) is 11.6 Å². The Balaban J connectivity index is 1.90. The number of hydrogen-bond acceptors (Lipinski definition) is 3. The fraction of sp³-hybridized carbons (Fsp3) is 0.0370. The van der Waals surface area contributed by atoms with Gasteiger partial charge in [0.25, 0.3) is 0 Å². The number of Topliss-reactive ketones (excluding diaryl/α,β-unsaturated/α-hetero) is 2. The van der Waals surface area contributed by atoms with E-state index in [1.807, 2.05) is 78.9 Å². The third-order valence-corrected chi connectivity index (χ3v) is 5.30. The van der Waals surface area contributed by atoms with Gasteiger partial charge in [0, 0.05) is 11.1 Å². The highest BCUT2D eigenvalue weighted by molar-refractivity contribution is 6.49. The lowest BCUT2D eigenvalue weighted by atomic mass is 9.75. The average Bonchev–Trinajstić information content (AvgIpc) is 2.84. The summed E-state index contributed by atoms with van der Waals surface area (Å²) in [6.45, 7) is 0. The fourth-order valence-electron chi connectivity index (χ4n) is 3.75. The third-order valence-electron chi connectivity index (χ3n) is 5.30. The number of rotatable bonds is 6. The zero-order chi connectivity index (χ0) is 21.0. The first-order valence-corrected chi connectivity index (χ1v) is 9.76. The molecule has 0 aliphatic heterocycles. The van der Waals surface area contributed by atoms with Crippen molar-refractivity contribution in [2.45, 2.75) is 5.54 Å². The maximum Gasteiger partial charge on any atom is 0.233 e. The van der Waals surface area contributed by atoms with Crippen LogP contribution in [0.2, 0.25) is 0 Å². The molecule has 0 fully saturated rings. The minimum absolute atomic E-state index is 0.307. The zero-order valence-electron chi connectivity index (χ0n) is 16.4. The molecule has 4 aromatic carbocycles. The van der Waals surface area contributed by atoms with E-state index >= 15 is 0 Å². The van der Waals surface area contributed by atoms with Crippen molar-refractivity contribution in [1.29, 1.82) is 0 Å². The van der Waals surface area contributed by atoms with Crippen molar-refractivity contribution >= 4 is 11.6 Å². The van der Waals surface area contributed by atoms with Crippen molar-refractivity contribution < 1.29 is 9.59 Å². The van der Waals surface area contributed by atoms with Crippen LogP contribution in [0.5, 0.6) is 0 Å². The second kappa shape index (κ2) is 8.27. The number of ketones is 2. The van der Waals surface area contributed by atoms with Crippen molar-refractivity contribution in [2.75, 3.05) is 0 Å². The quantitative estimate of drug-likeness (QED) is 0.286. The Bertz CT molecular complexity index is 1130. The van der Waals surface area contributed by atoms with Gasteiger partial charge < -0.3 is 5.73 Å². The van der Waals surface area contributed by atoms with E-state index in [9.17, 15) is 9.59 Å². The van der Waals surface area contributed by atoms with Gasteiger partial charge in [-0.3, -0.25) is 9.59 Å². The molecule has 0 aliphatic rings. The van der Waals surface area contributed by atoms with Crippen LogP contribution in [0, 0.1) is 0 Å². The predicted molar refractivity (Wildman–Crippen MR) is 118 cm³/mol. The topological polar surface area (TPSA) is 60.2 Å². The molecule has 0 heterocycles. The summed E-state index contributed by atoms with van der Waals surface area (Å²) in [7, 11) is 0. The van der Waals surface area contributed by atoms with Crippen molar-refractivity contribution in [3.05, 3.63) is 143 Å². The van der Waals surface area contributed by atoms with Gasteiger partial charge in [0.15, 0.2) is 0 Å². The van der Waals surface area contributed by atoms with Gasteiger partial charge in [0.05, 0.1) is 5.54 Å². The summed E-state index contributed by atoms with van der Waals surface area (Å²) >= 11 is 0. The van der Waals surface area contributed by atoms with Crippen molar-refractivity contribution in [3.63, 3.8) is 0 Å². The Morgan fingerprint density at radius 1 is 0.533 bits per heavy atom. The summed E-state index contributed by atoms with van der Waals surface area (Å²) in [4.78, 5) is 26.2. The summed E-state index contributed by atoms with van der Waals surface area (Å²) in [5.41, 5.74) is 8.92. The standard InChI is InChI=1S/C27H21NO2/c28-27(21-14-6-2-7-15-21,22-16-8-3-9-17-22)24-19-11-10-18-23(24)26(30)25(29)20-12-4-1-5-13-20/h1-19H,28H2. The Morgan fingerprint density at radius 3 is 1.50 bits per heavy atom. The lowest BCUT2D eigenvalue weighted by molar-refractivity contribution is 0.0816. The lowest BCUT2D eigenvalue weighted by Crippen LogP contribution is -2.41. The SMILES string of the molecule is NC(c1ccccc1)(c1ccccc1)c1ccccc1C(=O)C(=O)c1ccccc1. The van der Waals surface area contributed by atoms with Crippen LogP contribution in [-0.2, 0) is 5.54 Å². The van der Waals surface area contributed by atoms with E-state index < -0.39 is 17.1 Å². The van der Waals surface area contributed by atoms with E-state index in [1.165, 1.54) is 0 Å². The molecular weight excluding hydrogens is 370 g/mol. The van der Waals surface area contributed by atoms with Crippen molar-refractivity contribution in [3.8, 4) is 0 Å².